The number of hydrazone groups is 1. The van der Waals surface area contributed by atoms with Crippen molar-refractivity contribution in [3.63, 3.8) is 0 Å². The summed E-state index contributed by atoms with van der Waals surface area (Å²) in [4.78, 5) is 12.1. The number of phenolic OH excluding ortho intramolecular Hbond substituents is 1. The van der Waals surface area contributed by atoms with Crippen molar-refractivity contribution in [2.24, 2.45) is 5.10 Å². The number of benzene rings is 3. The quantitative estimate of drug-likeness (QED) is 0.219. The van der Waals surface area contributed by atoms with Gasteiger partial charge in [-0.3, -0.25) is 4.79 Å². The molecule has 32 heavy (non-hydrogen) atoms. The highest BCUT2D eigenvalue weighted by atomic mass is 35.5. The molecule has 0 saturated carbocycles. The van der Waals surface area contributed by atoms with Gasteiger partial charge in [0.1, 0.15) is 18.1 Å². The number of hydrogen-bond donors (Lipinski definition) is 3. The van der Waals surface area contributed by atoms with Gasteiger partial charge < -0.3 is 15.2 Å². The monoisotopic (exact) mass is 475 g/mol. The highest BCUT2D eigenvalue weighted by Gasteiger charge is 2.07. The Morgan fingerprint density at radius 1 is 1.12 bits per heavy atom. The van der Waals surface area contributed by atoms with Crippen molar-refractivity contribution in [1.82, 2.24) is 10.7 Å². The molecule has 6 nitrogen and oxygen atoms in total. The van der Waals surface area contributed by atoms with E-state index in [4.69, 9.17) is 27.9 Å². The van der Waals surface area contributed by atoms with Crippen molar-refractivity contribution in [3.05, 3.63) is 93.0 Å². The first-order valence-electron chi connectivity index (χ1n) is 9.93. The molecule has 0 atom stereocenters. The maximum absolute atomic E-state index is 12.1. The number of amides is 1. The van der Waals surface area contributed by atoms with Crippen molar-refractivity contribution in [2.75, 3.05) is 13.2 Å². The van der Waals surface area contributed by atoms with Crippen molar-refractivity contribution in [1.29, 1.82) is 0 Å². The topological polar surface area (TPSA) is 83.0 Å². The molecule has 0 radical (unpaired) electrons. The van der Waals surface area contributed by atoms with Gasteiger partial charge in [-0.25, -0.2) is 5.43 Å². The molecule has 3 rings (SSSR count). The van der Waals surface area contributed by atoms with Crippen LogP contribution < -0.4 is 15.5 Å². The number of aromatic hydroxyl groups is 1. The fourth-order valence-corrected chi connectivity index (χ4v) is 3.14. The van der Waals surface area contributed by atoms with Gasteiger partial charge >= 0.3 is 0 Å². The van der Waals surface area contributed by atoms with Gasteiger partial charge in [0.05, 0.1) is 11.2 Å². The lowest BCUT2D eigenvalue weighted by atomic mass is 10.1. The van der Waals surface area contributed by atoms with E-state index in [-0.39, 0.29) is 13.6 Å². The average molecular weight is 476 g/mol. The molecule has 1 amide bonds. The number of hydrogen-bond acceptors (Lipinski definition) is 5. The molecule has 8 heteroatoms. The third kappa shape index (κ3) is 6.99. The van der Waals surface area contributed by atoms with E-state index >= 15 is 0 Å². The fourth-order valence-electron chi connectivity index (χ4n) is 2.83. The Bertz CT molecular complexity index is 1110. The van der Waals surface area contributed by atoms with Crippen LogP contribution in [0, 0.1) is 6.92 Å². The predicted octanol–water partition coefficient (Wildman–Crippen LogP) is 5.43. The van der Waals surface area contributed by atoms with Crippen LogP contribution in [0.3, 0.4) is 0 Å². The van der Waals surface area contributed by atoms with Crippen LogP contribution >= 0.6 is 23.2 Å². The van der Waals surface area contributed by atoms with Crippen molar-refractivity contribution in [2.45, 2.75) is 13.5 Å². The molecule has 3 aromatic rings. The Kier molecular flexibility index (Phi) is 8.50. The maximum atomic E-state index is 12.1. The summed E-state index contributed by atoms with van der Waals surface area (Å²) in [5.74, 6) is 0.254. The number of carbonyl (C=O) groups excluding carboxylic acids is 1. The second kappa shape index (κ2) is 11.5. The van der Waals surface area contributed by atoms with Crippen LogP contribution in [0.25, 0.3) is 0 Å². The summed E-state index contributed by atoms with van der Waals surface area (Å²) in [6, 6.07) is 17.6. The van der Waals surface area contributed by atoms with E-state index in [0.717, 1.165) is 34.0 Å². The van der Waals surface area contributed by atoms with Gasteiger partial charge in [-0.1, -0.05) is 35.3 Å². The zero-order chi connectivity index (χ0) is 22.9. The molecule has 0 spiro atoms. The number of halogens is 2. The van der Waals surface area contributed by atoms with E-state index in [0.29, 0.717) is 18.7 Å². The lowest BCUT2D eigenvalue weighted by molar-refractivity contribution is 0.0955. The molecule has 3 aromatic carbocycles. The van der Waals surface area contributed by atoms with E-state index in [1.165, 1.54) is 18.2 Å². The minimum atomic E-state index is -0.424. The highest BCUT2D eigenvalue weighted by molar-refractivity contribution is 6.32. The SMILES string of the molecule is Cc1cc(OCCNCc2ccc(Cl)cc2)ccc1/C=N/NC(=O)c1ccc(O)c(Cl)c1.[HH].[HH]. The Morgan fingerprint density at radius 2 is 1.91 bits per heavy atom. The molecule has 0 saturated heterocycles. The number of rotatable bonds is 9. The number of aryl methyl sites for hydroxylation is 1. The molecule has 3 N–H and O–H groups in total. The fraction of sp³-hybridized carbons (Fsp3) is 0.167. The van der Waals surface area contributed by atoms with Crippen LogP contribution in [0.1, 0.15) is 29.9 Å². The van der Waals surface area contributed by atoms with Gasteiger partial charge in [-0.05, 0) is 72.1 Å². The molecule has 170 valence electrons. The highest BCUT2D eigenvalue weighted by Crippen LogP contribution is 2.23. The Morgan fingerprint density at radius 3 is 2.62 bits per heavy atom. The van der Waals surface area contributed by atoms with Gasteiger partial charge in [-0.2, -0.15) is 5.10 Å². The molecular weight excluding hydrogens is 449 g/mol. The van der Waals surface area contributed by atoms with Crippen LogP contribution in [0.15, 0.2) is 65.8 Å². The Labute approximate surface area is 199 Å². The van der Waals surface area contributed by atoms with Crippen molar-refractivity contribution >= 4 is 35.3 Å². The molecule has 0 bridgehead atoms. The minimum Gasteiger partial charge on any atom is -0.506 e. The van der Waals surface area contributed by atoms with Gasteiger partial charge in [0, 0.05) is 26.5 Å². The second-order valence-corrected chi connectivity index (χ2v) is 7.88. The number of ether oxygens (including phenoxy) is 1. The first-order valence-corrected chi connectivity index (χ1v) is 10.7. The van der Waals surface area contributed by atoms with Gasteiger partial charge in [0.15, 0.2) is 0 Å². The van der Waals surface area contributed by atoms with Crippen molar-refractivity contribution < 1.29 is 17.5 Å². The molecule has 0 unspecified atom stereocenters. The largest absolute Gasteiger partial charge is 0.506 e. The van der Waals surface area contributed by atoms with E-state index in [2.05, 4.69) is 15.8 Å². The summed E-state index contributed by atoms with van der Waals surface area (Å²) in [7, 11) is 0. The first-order chi connectivity index (χ1) is 15.4. The standard InChI is InChI=1S/C24H23Cl2N3O3.2H2/c1-16-12-21(32-11-10-27-14-17-2-6-20(25)7-3-17)8-4-19(16)15-28-29-24(31)18-5-9-23(30)22(26)13-18;;/h2-9,12-13,15,27,30H,10-11,14H2,1H3,(H,29,31);2*1H/b28-15+;;. The number of phenols is 1. The molecule has 0 aliphatic heterocycles. The molecule has 0 fully saturated rings. The third-order valence-corrected chi connectivity index (χ3v) is 5.17. The number of nitrogens with one attached hydrogen (secondary N) is 2. The smallest absolute Gasteiger partial charge is 0.271 e. The van der Waals surface area contributed by atoms with Gasteiger partial charge in [-0.15, -0.1) is 0 Å². The number of carbonyl (C=O) groups is 1. The van der Waals surface area contributed by atoms with E-state index in [9.17, 15) is 9.90 Å². The first kappa shape index (κ1) is 23.6. The number of nitrogens with zero attached hydrogens (tertiary/aromatic N) is 1. The summed E-state index contributed by atoms with van der Waals surface area (Å²) in [5.41, 5.74) is 5.72. The van der Waals surface area contributed by atoms with E-state index in [1.807, 2.05) is 49.4 Å². The van der Waals surface area contributed by atoms with Crippen LogP contribution in [0.5, 0.6) is 11.5 Å². The summed E-state index contributed by atoms with van der Waals surface area (Å²) in [5, 5.41) is 17.6. The van der Waals surface area contributed by atoms with Crippen molar-refractivity contribution in [3.8, 4) is 11.5 Å². The summed E-state index contributed by atoms with van der Waals surface area (Å²) in [6.07, 6.45) is 1.56. The molecule has 0 aliphatic carbocycles. The molecule has 0 aliphatic rings. The summed E-state index contributed by atoms with van der Waals surface area (Å²) < 4.78 is 5.79. The van der Waals surface area contributed by atoms with E-state index in [1.54, 1.807) is 6.21 Å². The Hall–Kier alpha value is -3.06. The maximum Gasteiger partial charge on any atom is 0.271 e. The zero-order valence-electron chi connectivity index (χ0n) is 17.4. The molecular formula is C24H27Cl2N3O3. The minimum absolute atomic E-state index is 0. The predicted molar refractivity (Wildman–Crippen MR) is 132 cm³/mol. The third-order valence-electron chi connectivity index (χ3n) is 4.61. The van der Waals surface area contributed by atoms with Crippen LogP contribution in [-0.4, -0.2) is 30.4 Å². The van der Waals surface area contributed by atoms with Crippen LogP contribution in [0.4, 0.5) is 0 Å². The average Bonchev–Trinajstić information content (AvgIpc) is 2.78. The zero-order valence-corrected chi connectivity index (χ0v) is 19.0. The lowest BCUT2D eigenvalue weighted by Gasteiger charge is -2.09. The summed E-state index contributed by atoms with van der Waals surface area (Å²) in [6.45, 7) is 3.93. The van der Waals surface area contributed by atoms with Gasteiger partial charge in [0.2, 0.25) is 0 Å². The Balaban J connectivity index is 0.00000289. The van der Waals surface area contributed by atoms with Crippen LogP contribution in [-0.2, 0) is 6.54 Å². The normalized spacial score (nSPS) is 11.0. The van der Waals surface area contributed by atoms with Crippen LogP contribution in [0.2, 0.25) is 10.0 Å². The molecule has 0 heterocycles. The van der Waals surface area contributed by atoms with Gasteiger partial charge in [0.25, 0.3) is 5.91 Å². The summed E-state index contributed by atoms with van der Waals surface area (Å²) >= 11 is 11.7. The molecule has 0 aromatic heterocycles. The lowest BCUT2D eigenvalue weighted by Crippen LogP contribution is -2.20. The second-order valence-electron chi connectivity index (χ2n) is 7.04. The van der Waals surface area contributed by atoms with E-state index < -0.39 is 5.91 Å².